The monoisotopic (exact) mass is 585 g/mol. The Labute approximate surface area is 251 Å². The summed E-state index contributed by atoms with van der Waals surface area (Å²) in [7, 11) is 0. The first kappa shape index (κ1) is 29.4. The highest BCUT2D eigenvalue weighted by Gasteiger charge is 2.25. The number of aromatic nitrogens is 1. The Kier molecular flexibility index (Phi) is 9.49. The lowest BCUT2D eigenvalue weighted by Crippen LogP contribution is -2.18. The highest BCUT2D eigenvalue weighted by molar-refractivity contribution is 7.99. The summed E-state index contributed by atoms with van der Waals surface area (Å²) in [6.45, 7) is 3.65. The van der Waals surface area contributed by atoms with Gasteiger partial charge >= 0.3 is 5.97 Å². The third kappa shape index (κ3) is 8.45. The second kappa shape index (κ2) is 13.2. The molecule has 1 saturated carbocycles. The minimum absolute atomic E-state index is 0.105. The molecule has 1 fully saturated rings. The zero-order valence-electron chi connectivity index (χ0n) is 23.6. The van der Waals surface area contributed by atoms with Crippen molar-refractivity contribution in [3.05, 3.63) is 112 Å². The molecule has 1 unspecified atom stereocenters. The molecule has 0 spiro atoms. The van der Waals surface area contributed by atoms with Gasteiger partial charge in [-0.25, -0.2) is 4.98 Å². The summed E-state index contributed by atoms with van der Waals surface area (Å²) in [6.07, 6.45) is 8.53. The maximum atomic E-state index is 12.2. The number of esters is 1. The van der Waals surface area contributed by atoms with Crippen LogP contribution in [0.2, 0.25) is 5.02 Å². The van der Waals surface area contributed by atoms with Crippen molar-refractivity contribution in [1.29, 1.82) is 0 Å². The highest BCUT2D eigenvalue weighted by atomic mass is 35.5. The van der Waals surface area contributed by atoms with Crippen LogP contribution in [0.25, 0.3) is 23.1 Å². The minimum Gasteiger partial charge on any atom is -0.455 e. The van der Waals surface area contributed by atoms with E-state index >= 15 is 0 Å². The predicted octanol–water partition coefficient (Wildman–Crippen LogP) is 8.99. The predicted molar refractivity (Wildman–Crippen MR) is 171 cm³/mol. The van der Waals surface area contributed by atoms with E-state index in [2.05, 4.69) is 42.5 Å². The van der Waals surface area contributed by atoms with E-state index in [1.165, 1.54) is 5.56 Å². The standard InChI is InChI=1S/C35H36ClNO3S/c1-35(2,39)31-9-4-3-7-26(31)15-19-33(41-23-40-34(38)21-25-10-11-25)28-8-5-6-24(20-28)12-17-30-18-14-27-13-16-29(36)22-32(27)37-30/h3-9,12-14,16-18,20,22,25,33,39H,10-11,15,19,21,23H2,1-2H3. The van der Waals surface area contributed by atoms with Gasteiger partial charge in [0.05, 0.1) is 16.8 Å². The zero-order chi connectivity index (χ0) is 28.8. The van der Waals surface area contributed by atoms with Crippen molar-refractivity contribution in [2.75, 3.05) is 5.94 Å². The van der Waals surface area contributed by atoms with Crippen molar-refractivity contribution in [3.8, 4) is 0 Å². The van der Waals surface area contributed by atoms with Crippen LogP contribution in [0, 0.1) is 5.92 Å². The molecule has 1 aromatic heterocycles. The van der Waals surface area contributed by atoms with Gasteiger partial charge in [-0.1, -0.05) is 78.3 Å². The van der Waals surface area contributed by atoms with Gasteiger partial charge in [-0.05, 0) is 92.0 Å². The van der Waals surface area contributed by atoms with Crippen LogP contribution in [0.15, 0.2) is 78.9 Å². The van der Waals surface area contributed by atoms with Crippen LogP contribution in [-0.2, 0) is 21.6 Å². The van der Waals surface area contributed by atoms with Gasteiger partial charge in [-0.15, -0.1) is 11.8 Å². The molecular formula is C35H36ClNO3S. The van der Waals surface area contributed by atoms with E-state index in [9.17, 15) is 9.90 Å². The number of aliphatic hydroxyl groups is 1. The summed E-state index contributed by atoms with van der Waals surface area (Å²) in [4.78, 5) is 17.0. The summed E-state index contributed by atoms with van der Waals surface area (Å²) in [5.74, 6) is 0.735. The van der Waals surface area contributed by atoms with Crippen LogP contribution in [0.3, 0.4) is 0 Å². The van der Waals surface area contributed by atoms with E-state index in [0.29, 0.717) is 23.3 Å². The fourth-order valence-corrected chi connectivity index (χ4v) is 6.16. The molecule has 1 heterocycles. The fourth-order valence-electron chi connectivity index (χ4n) is 5.01. The summed E-state index contributed by atoms with van der Waals surface area (Å²) in [5.41, 5.74) is 5.15. The molecule has 212 valence electrons. The summed E-state index contributed by atoms with van der Waals surface area (Å²) >= 11 is 7.82. The second-order valence-electron chi connectivity index (χ2n) is 11.3. The number of carbonyl (C=O) groups excluding carboxylic acids is 1. The van der Waals surface area contributed by atoms with Gasteiger partial charge in [0.15, 0.2) is 0 Å². The van der Waals surface area contributed by atoms with Gasteiger partial charge in [0.2, 0.25) is 0 Å². The van der Waals surface area contributed by atoms with Gasteiger partial charge in [0.25, 0.3) is 0 Å². The molecule has 3 aromatic carbocycles. The number of halogens is 1. The molecule has 4 nitrogen and oxygen atoms in total. The van der Waals surface area contributed by atoms with E-state index in [1.54, 1.807) is 11.8 Å². The number of rotatable bonds is 12. The number of ether oxygens (including phenoxy) is 1. The van der Waals surface area contributed by atoms with Crippen LogP contribution in [-0.4, -0.2) is 22.0 Å². The van der Waals surface area contributed by atoms with E-state index < -0.39 is 5.60 Å². The maximum Gasteiger partial charge on any atom is 0.306 e. The average molecular weight is 586 g/mol. The molecule has 1 aliphatic rings. The van der Waals surface area contributed by atoms with Crippen molar-refractivity contribution in [2.24, 2.45) is 5.92 Å². The van der Waals surface area contributed by atoms with Gasteiger partial charge in [-0.3, -0.25) is 4.79 Å². The topological polar surface area (TPSA) is 59.4 Å². The fraction of sp³-hybridized carbons (Fsp3) is 0.314. The molecule has 0 bridgehead atoms. The first-order valence-corrected chi connectivity index (χ1v) is 15.6. The number of hydrogen-bond donors (Lipinski definition) is 1. The number of benzene rings is 3. The lowest BCUT2D eigenvalue weighted by Gasteiger charge is -2.23. The maximum absolute atomic E-state index is 12.2. The zero-order valence-corrected chi connectivity index (χ0v) is 25.1. The molecule has 6 heteroatoms. The minimum atomic E-state index is -0.912. The van der Waals surface area contributed by atoms with E-state index in [4.69, 9.17) is 21.3 Å². The molecule has 1 atom stereocenters. The molecule has 0 aliphatic heterocycles. The van der Waals surface area contributed by atoms with E-state index in [1.807, 2.05) is 62.4 Å². The van der Waals surface area contributed by atoms with E-state index in [0.717, 1.165) is 59.0 Å². The Morgan fingerprint density at radius 2 is 1.88 bits per heavy atom. The molecule has 0 radical (unpaired) electrons. The van der Waals surface area contributed by atoms with Gasteiger partial charge < -0.3 is 9.84 Å². The van der Waals surface area contributed by atoms with Crippen LogP contribution in [0.1, 0.15) is 72.7 Å². The Morgan fingerprint density at radius 3 is 2.68 bits per heavy atom. The smallest absolute Gasteiger partial charge is 0.306 e. The normalized spacial score (nSPS) is 14.4. The first-order valence-electron chi connectivity index (χ1n) is 14.2. The number of nitrogens with zero attached hydrogens (tertiary/aromatic N) is 1. The number of hydrogen-bond acceptors (Lipinski definition) is 5. The Balaban J connectivity index is 1.33. The Morgan fingerprint density at radius 1 is 1.07 bits per heavy atom. The molecule has 1 N–H and O–H groups in total. The number of pyridine rings is 1. The van der Waals surface area contributed by atoms with Crippen molar-refractivity contribution in [2.45, 2.75) is 56.8 Å². The Hall–Kier alpha value is -3.12. The van der Waals surface area contributed by atoms with Crippen molar-refractivity contribution < 1.29 is 14.6 Å². The number of thioether (sulfide) groups is 1. The largest absolute Gasteiger partial charge is 0.455 e. The molecule has 41 heavy (non-hydrogen) atoms. The second-order valence-corrected chi connectivity index (χ2v) is 12.8. The number of carbonyl (C=O) groups is 1. The summed E-state index contributed by atoms with van der Waals surface area (Å²) in [6, 6.07) is 26.3. The average Bonchev–Trinajstić information content (AvgIpc) is 3.77. The molecule has 4 aromatic rings. The van der Waals surface area contributed by atoms with Crippen LogP contribution >= 0.6 is 23.4 Å². The van der Waals surface area contributed by atoms with Crippen molar-refractivity contribution >= 4 is 52.4 Å². The lowest BCUT2D eigenvalue weighted by atomic mass is 9.90. The third-order valence-electron chi connectivity index (χ3n) is 7.40. The summed E-state index contributed by atoms with van der Waals surface area (Å²) in [5, 5.41) is 12.6. The van der Waals surface area contributed by atoms with Crippen molar-refractivity contribution in [1.82, 2.24) is 4.98 Å². The SMILES string of the molecule is CC(C)(O)c1ccccc1CCC(SCOC(=O)CC1CC1)c1cccc(C=Cc2ccc3ccc(Cl)cc3n2)c1. The number of aryl methyl sites for hydroxylation is 1. The quantitative estimate of drug-likeness (QED) is 0.133. The van der Waals surface area contributed by atoms with Crippen LogP contribution in [0.5, 0.6) is 0 Å². The lowest BCUT2D eigenvalue weighted by molar-refractivity contribution is -0.141. The summed E-state index contributed by atoms with van der Waals surface area (Å²) < 4.78 is 5.61. The van der Waals surface area contributed by atoms with Gasteiger partial charge in [-0.2, -0.15) is 0 Å². The molecular weight excluding hydrogens is 550 g/mol. The van der Waals surface area contributed by atoms with Gasteiger partial charge in [0, 0.05) is 22.1 Å². The molecule has 1 aliphatic carbocycles. The van der Waals surface area contributed by atoms with E-state index in [-0.39, 0.29) is 11.2 Å². The Bertz CT molecular complexity index is 1540. The highest BCUT2D eigenvalue weighted by Crippen LogP contribution is 2.37. The van der Waals surface area contributed by atoms with Crippen molar-refractivity contribution in [3.63, 3.8) is 0 Å². The van der Waals surface area contributed by atoms with Gasteiger partial charge in [0.1, 0.15) is 5.94 Å². The number of fused-ring (bicyclic) bond motifs is 1. The van der Waals surface area contributed by atoms with Crippen LogP contribution in [0.4, 0.5) is 0 Å². The molecule has 0 saturated heterocycles. The first-order chi connectivity index (χ1) is 19.7. The molecule has 5 rings (SSSR count). The molecule has 0 amide bonds. The van der Waals surface area contributed by atoms with Crippen LogP contribution < -0.4 is 0 Å². The third-order valence-corrected chi connectivity index (χ3v) is 8.80.